The van der Waals surface area contributed by atoms with E-state index < -0.39 is 5.97 Å². The molecule has 1 rings (SSSR count). The average Bonchev–Trinajstić information content (AvgIpc) is 2.27. The molecule has 0 aliphatic heterocycles. The number of carbonyl (C=O) groups is 2. The zero-order valence-corrected chi connectivity index (χ0v) is 9.87. The van der Waals surface area contributed by atoms with Crippen LogP contribution in [0.5, 0.6) is 5.75 Å². The summed E-state index contributed by atoms with van der Waals surface area (Å²) >= 11 is 1.03. The maximum Gasteiger partial charge on any atom is 0.313 e. The smallest absolute Gasteiger partial charge is 0.313 e. The predicted octanol–water partition coefficient (Wildman–Crippen LogP) is 0.826. The minimum absolute atomic E-state index is 0.0932. The number of phenols is 1. The van der Waals surface area contributed by atoms with Gasteiger partial charge in [0.25, 0.3) is 0 Å². The van der Waals surface area contributed by atoms with Crippen LogP contribution >= 0.6 is 11.8 Å². The standard InChI is InChI=1S/C11H13NO4S/c13-9-4-2-1-3-8(9)5-12-10(14)6-17-7-11(15)16/h1-4,13H,5-7H2,(H,12,14)(H,15,16). The first kappa shape index (κ1) is 13.4. The van der Waals surface area contributed by atoms with Crippen LogP contribution in [0.25, 0.3) is 0 Å². The summed E-state index contributed by atoms with van der Waals surface area (Å²) in [6.07, 6.45) is 0. The highest BCUT2D eigenvalue weighted by molar-refractivity contribution is 8.00. The quantitative estimate of drug-likeness (QED) is 0.700. The Hall–Kier alpha value is -1.69. The Labute approximate surface area is 103 Å². The Morgan fingerprint density at radius 3 is 2.59 bits per heavy atom. The van der Waals surface area contributed by atoms with E-state index in [9.17, 15) is 14.7 Å². The van der Waals surface area contributed by atoms with E-state index in [2.05, 4.69) is 5.32 Å². The fraction of sp³-hybridized carbons (Fsp3) is 0.273. The van der Waals surface area contributed by atoms with Gasteiger partial charge in [-0.15, -0.1) is 11.8 Å². The summed E-state index contributed by atoms with van der Waals surface area (Å²) in [4.78, 5) is 21.5. The van der Waals surface area contributed by atoms with Crippen LogP contribution in [-0.4, -0.2) is 33.6 Å². The molecular weight excluding hydrogens is 242 g/mol. The second kappa shape index (κ2) is 6.80. The van der Waals surface area contributed by atoms with Crippen molar-refractivity contribution in [3.05, 3.63) is 29.8 Å². The van der Waals surface area contributed by atoms with Gasteiger partial charge in [0.15, 0.2) is 0 Å². The number of amides is 1. The largest absolute Gasteiger partial charge is 0.508 e. The highest BCUT2D eigenvalue weighted by atomic mass is 32.2. The molecule has 3 N–H and O–H groups in total. The third-order valence-corrected chi connectivity index (χ3v) is 2.84. The van der Waals surface area contributed by atoms with E-state index in [-0.39, 0.29) is 29.7 Å². The van der Waals surface area contributed by atoms with E-state index in [0.29, 0.717) is 5.56 Å². The summed E-state index contributed by atoms with van der Waals surface area (Å²) in [5.41, 5.74) is 0.629. The lowest BCUT2D eigenvalue weighted by atomic mass is 10.2. The third kappa shape index (κ3) is 5.26. The molecule has 0 aliphatic carbocycles. The summed E-state index contributed by atoms with van der Waals surface area (Å²) in [5.74, 6) is -1.06. The van der Waals surface area contributed by atoms with Gasteiger partial charge in [-0.25, -0.2) is 0 Å². The molecule has 0 atom stereocenters. The fourth-order valence-corrected chi connectivity index (χ4v) is 1.70. The number of hydrogen-bond acceptors (Lipinski definition) is 4. The number of carbonyl (C=O) groups excluding carboxylic acids is 1. The van der Waals surface area contributed by atoms with Crippen molar-refractivity contribution in [3.63, 3.8) is 0 Å². The van der Waals surface area contributed by atoms with E-state index >= 15 is 0 Å². The average molecular weight is 255 g/mol. The lowest BCUT2D eigenvalue weighted by Gasteiger charge is -2.06. The minimum atomic E-state index is -0.941. The van der Waals surface area contributed by atoms with Gasteiger partial charge in [-0.1, -0.05) is 18.2 Å². The maximum atomic E-state index is 11.3. The molecule has 1 amide bonds. The minimum Gasteiger partial charge on any atom is -0.508 e. The van der Waals surface area contributed by atoms with Crippen molar-refractivity contribution in [2.75, 3.05) is 11.5 Å². The van der Waals surface area contributed by atoms with Gasteiger partial charge < -0.3 is 15.5 Å². The van der Waals surface area contributed by atoms with E-state index in [1.54, 1.807) is 24.3 Å². The number of nitrogens with one attached hydrogen (secondary N) is 1. The van der Waals surface area contributed by atoms with Crippen molar-refractivity contribution in [1.82, 2.24) is 5.32 Å². The molecule has 0 saturated heterocycles. The van der Waals surface area contributed by atoms with Crippen LogP contribution in [0.4, 0.5) is 0 Å². The van der Waals surface area contributed by atoms with E-state index in [1.807, 2.05) is 0 Å². The first-order valence-electron chi connectivity index (χ1n) is 4.92. The van der Waals surface area contributed by atoms with Crippen molar-refractivity contribution >= 4 is 23.6 Å². The van der Waals surface area contributed by atoms with Crippen molar-refractivity contribution in [2.45, 2.75) is 6.54 Å². The van der Waals surface area contributed by atoms with Gasteiger partial charge in [0.05, 0.1) is 11.5 Å². The molecule has 0 saturated carbocycles. The summed E-state index contributed by atoms with van der Waals surface area (Å²) in [5, 5.41) is 20.4. The number of thioether (sulfide) groups is 1. The van der Waals surface area contributed by atoms with Crippen LogP contribution in [0.3, 0.4) is 0 Å². The van der Waals surface area contributed by atoms with E-state index in [1.165, 1.54) is 0 Å². The molecule has 0 heterocycles. The van der Waals surface area contributed by atoms with Gasteiger partial charge in [0.1, 0.15) is 5.75 Å². The maximum absolute atomic E-state index is 11.3. The second-order valence-electron chi connectivity index (χ2n) is 3.29. The molecule has 0 bridgehead atoms. The Morgan fingerprint density at radius 2 is 1.94 bits per heavy atom. The van der Waals surface area contributed by atoms with Gasteiger partial charge in [0.2, 0.25) is 5.91 Å². The number of benzene rings is 1. The summed E-state index contributed by atoms with van der Waals surface area (Å²) < 4.78 is 0. The number of hydrogen-bond donors (Lipinski definition) is 3. The molecule has 92 valence electrons. The van der Waals surface area contributed by atoms with Gasteiger partial charge in [-0.3, -0.25) is 9.59 Å². The summed E-state index contributed by atoms with van der Waals surface area (Å²) in [7, 11) is 0. The number of para-hydroxylation sites is 1. The number of phenolic OH excluding ortho intramolecular Hbond substituents is 1. The number of carboxylic acid groups (broad SMARTS) is 1. The molecule has 5 nitrogen and oxygen atoms in total. The van der Waals surface area contributed by atoms with Crippen molar-refractivity contribution in [2.24, 2.45) is 0 Å². The normalized spacial score (nSPS) is 9.88. The highest BCUT2D eigenvalue weighted by Gasteiger charge is 2.05. The first-order chi connectivity index (χ1) is 8.09. The molecular formula is C11H13NO4S. The molecule has 1 aromatic carbocycles. The summed E-state index contributed by atoms with van der Waals surface area (Å²) in [6, 6.07) is 6.71. The molecule has 0 unspecified atom stereocenters. The van der Waals surface area contributed by atoms with E-state index in [4.69, 9.17) is 5.11 Å². The van der Waals surface area contributed by atoms with Crippen LogP contribution < -0.4 is 5.32 Å². The molecule has 0 fully saturated rings. The van der Waals surface area contributed by atoms with Crippen LogP contribution in [0, 0.1) is 0 Å². The molecule has 0 aromatic heterocycles. The number of rotatable bonds is 6. The monoisotopic (exact) mass is 255 g/mol. The van der Waals surface area contributed by atoms with Crippen LogP contribution in [0.2, 0.25) is 0 Å². The SMILES string of the molecule is O=C(O)CSCC(=O)NCc1ccccc1O. The Morgan fingerprint density at radius 1 is 1.24 bits per heavy atom. The molecule has 0 aliphatic rings. The summed E-state index contributed by atoms with van der Waals surface area (Å²) in [6.45, 7) is 0.235. The Bertz CT molecular complexity index is 408. The number of aromatic hydroxyl groups is 1. The first-order valence-corrected chi connectivity index (χ1v) is 6.08. The molecule has 0 radical (unpaired) electrons. The number of carboxylic acids is 1. The Kier molecular flexibility index (Phi) is 5.35. The van der Waals surface area contributed by atoms with Gasteiger partial charge >= 0.3 is 5.97 Å². The molecule has 6 heteroatoms. The van der Waals surface area contributed by atoms with Gasteiger partial charge in [-0.05, 0) is 6.07 Å². The van der Waals surface area contributed by atoms with E-state index in [0.717, 1.165) is 11.8 Å². The molecule has 0 spiro atoms. The predicted molar refractivity (Wildman–Crippen MR) is 64.9 cm³/mol. The van der Waals surface area contributed by atoms with Crippen molar-refractivity contribution in [3.8, 4) is 5.75 Å². The van der Waals surface area contributed by atoms with Crippen molar-refractivity contribution < 1.29 is 19.8 Å². The Balaban J connectivity index is 2.29. The van der Waals surface area contributed by atoms with Gasteiger partial charge in [0, 0.05) is 12.1 Å². The molecule has 17 heavy (non-hydrogen) atoms. The lowest BCUT2D eigenvalue weighted by Crippen LogP contribution is -2.25. The topological polar surface area (TPSA) is 86.6 Å². The van der Waals surface area contributed by atoms with Crippen LogP contribution in [-0.2, 0) is 16.1 Å². The third-order valence-electron chi connectivity index (χ3n) is 1.93. The van der Waals surface area contributed by atoms with Crippen LogP contribution in [0.15, 0.2) is 24.3 Å². The second-order valence-corrected chi connectivity index (χ2v) is 4.28. The number of aliphatic carboxylic acids is 1. The molecule has 1 aromatic rings. The van der Waals surface area contributed by atoms with Gasteiger partial charge in [-0.2, -0.15) is 0 Å². The van der Waals surface area contributed by atoms with Crippen molar-refractivity contribution in [1.29, 1.82) is 0 Å². The highest BCUT2D eigenvalue weighted by Crippen LogP contribution is 2.14. The zero-order chi connectivity index (χ0) is 12.7. The van der Waals surface area contributed by atoms with Crippen LogP contribution in [0.1, 0.15) is 5.56 Å². The lowest BCUT2D eigenvalue weighted by molar-refractivity contribution is -0.133. The fourth-order valence-electron chi connectivity index (χ4n) is 1.14. The zero-order valence-electron chi connectivity index (χ0n) is 9.05.